The van der Waals surface area contributed by atoms with Gasteiger partial charge in [0, 0.05) is 26.3 Å². The van der Waals surface area contributed by atoms with E-state index in [9.17, 15) is 0 Å². The summed E-state index contributed by atoms with van der Waals surface area (Å²) in [6.07, 6.45) is 3.48. The lowest BCUT2D eigenvalue weighted by Crippen LogP contribution is -2.54. The quantitative estimate of drug-likeness (QED) is 0.533. The third kappa shape index (κ3) is 3.49. The predicted octanol–water partition coefficient (Wildman–Crippen LogP) is 0.395. The molecule has 0 aliphatic carbocycles. The molecule has 1 rings (SSSR count). The molecule has 1 heterocycles. The Kier molecular flexibility index (Phi) is 5.04. The van der Waals surface area contributed by atoms with Gasteiger partial charge in [-0.25, -0.2) is 0 Å². The first-order valence-electron chi connectivity index (χ1n) is 6.01. The lowest BCUT2D eigenvalue weighted by molar-refractivity contribution is -0.0552. The van der Waals surface area contributed by atoms with Crippen LogP contribution >= 0.6 is 0 Å². The molecule has 2 atom stereocenters. The van der Waals surface area contributed by atoms with Crippen molar-refractivity contribution >= 4 is 0 Å². The molecule has 0 spiro atoms. The van der Waals surface area contributed by atoms with Gasteiger partial charge in [0.05, 0.1) is 17.3 Å². The SMILES string of the molecule is CCOC(C)(CC)C(Cc1cn(C)nn1)NN. The summed E-state index contributed by atoms with van der Waals surface area (Å²) in [5.74, 6) is 5.63. The van der Waals surface area contributed by atoms with E-state index in [-0.39, 0.29) is 11.6 Å². The number of hydrogen-bond acceptors (Lipinski definition) is 5. The van der Waals surface area contributed by atoms with Crippen molar-refractivity contribution in [3.05, 3.63) is 11.9 Å². The minimum Gasteiger partial charge on any atom is -0.374 e. The summed E-state index contributed by atoms with van der Waals surface area (Å²) in [6, 6.07) is 0.0177. The summed E-state index contributed by atoms with van der Waals surface area (Å²) in [7, 11) is 1.85. The molecule has 0 amide bonds. The standard InChI is InChI=1S/C11H23N5O/c1-5-11(3,17-6-2)10(13-12)7-9-8-16(4)15-14-9/h8,10,13H,5-7,12H2,1-4H3. The number of aryl methyl sites for hydroxylation is 1. The van der Waals surface area contributed by atoms with E-state index < -0.39 is 0 Å². The fraction of sp³-hybridized carbons (Fsp3) is 0.818. The molecule has 1 aromatic heterocycles. The fourth-order valence-electron chi connectivity index (χ4n) is 1.93. The number of nitrogens with two attached hydrogens (primary N) is 1. The first kappa shape index (κ1) is 14.1. The maximum atomic E-state index is 5.81. The number of nitrogens with one attached hydrogen (secondary N) is 1. The molecule has 0 fully saturated rings. The van der Waals surface area contributed by atoms with Crippen LogP contribution in [0.4, 0.5) is 0 Å². The third-order valence-electron chi connectivity index (χ3n) is 3.18. The van der Waals surface area contributed by atoms with Crippen LogP contribution in [-0.2, 0) is 18.2 Å². The highest BCUT2D eigenvalue weighted by molar-refractivity contribution is 5.00. The molecule has 2 unspecified atom stereocenters. The van der Waals surface area contributed by atoms with Crippen LogP contribution in [0.2, 0.25) is 0 Å². The molecular weight excluding hydrogens is 218 g/mol. The summed E-state index contributed by atoms with van der Waals surface area (Å²) in [4.78, 5) is 0. The van der Waals surface area contributed by atoms with Crippen LogP contribution in [-0.4, -0.2) is 33.2 Å². The van der Waals surface area contributed by atoms with Crippen LogP contribution in [0, 0.1) is 0 Å². The van der Waals surface area contributed by atoms with Crippen molar-refractivity contribution in [3.63, 3.8) is 0 Å². The van der Waals surface area contributed by atoms with Gasteiger partial charge < -0.3 is 4.74 Å². The zero-order valence-corrected chi connectivity index (χ0v) is 11.1. The van der Waals surface area contributed by atoms with Crippen molar-refractivity contribution < 1.29 is 4.74 Å². The van der Waals surface area contributed by atoms with Crippen LogP contribution in [0.15, 0.2) is 6.20 Å². The Labute approximate surface area is 102 Å². The van der Waals surface area contributed by atoms with E-state index in [0.29, 0.717) is 13.0 Å². The first-order chi connectivity index (χ1) is 8.05. The molecule has 0 radical (unpaired) electrons. The highest BCUT2D eigenvalue weighted by atomic mass is 16.5. The second kappa shape index (κ2) is 6.09. The van der Waals surface area contributed by atoms with Crippen molar-refractivity contribution in [2.24, 2.45) is 12.9 Å². The fourth-order valence-corrected chi connectivity index (χ4v) is 1.93. The normalized spacial score (nSPS) is 16.8. The van der Waals surface area contributed by atoms with E-state index in [1.165, 1.54) is 0 Å². The van der Waals surface area contributed by atoms with Gasteiger partial charge in [0.2, 0.25) is 0 Å². The summed E-state index contributed by atoms with van der Waals surface area (Å²) in [6.45, 7) is 6.82. The number of ether oxygens (including phenoxy) is 1. The first-order valence-corrected chi connectivity index (χ1v) is 6.01. The van der Waals surface area contributed by atoms with Gasteiger partial charge >= 0.3 is 0 Å². The lowest BCUT2D eigenvalue weighted by Gasteiger charge is -2.36. The molecular formula is C11H23N5O. The van der Waals surface area contributed by atoms with E-state index in [2.05, 4.69) is 29.6 Å². The van der Waals surface area contributed by atoms with E-state index >= 15 is 0 Å². The number of hydrazine groups is 1. The topological polar surface area (TPSA) is 78.0 Å². The van der Waals surface area contributed by atoms with E-state index in [1.807, 2.05) is 20.2 Å². The molecule has 98 valence electrons. The zero-order chi connectivity index (χ0) is 12.9. The molecule has 0 saturated carbocycles. The summed E-state index contributed by atoms with van der Waals surface area (Å²) in [5, 5.41) is 7.99. The highest BCUT2D eigenvalue weighted by Crippen LogP contribution is 2.22. The Morgan fingerprint density at radius 3 is 2.71 bits per heavy atom. The summed E-state index contributed by atoms with van der Waals surface area (Å²) in [5.41, 5.74) is 3.46. The zero-order valence-electron chi connectivity index (χ0n) is 11.1. The van der Waals surface area contributed by atoms with Gasteiger partial charge in [-0.3, -0.25) is 16.0 Å². The Morgan fingerprint density at radius 1 is 1.59 bits per heavy atom. The number of aromatic nitrogens is 3. The molecule has 1 aromatic rings. The smallest absolute Gasteiger partial charge is 0.0844 e. The average Bonchev–Trinajstić information content (AvgIpc) is 2.72. The van der Waals surface area contributed by atoms with Gasteiger partial charge in [-0.05, 0) is 20.3 Å². The van der Waals surface area contributed by atoms with Crippen LogP contribution in [0.1, 0.15) is 32.9 Å². The van der Waals surface area contributed by atoms with Crippen molar-refractivity contribution in [1.29, 1.82) is 0 Å². The van der Waals surface area contributed by atoms with Crippen LogP contribution in [0.5, 0.6) is 0 Å². The minimum absolute atomic E-state index is 0.0177. The second-order valence-electron chi connectivity index (χ2n) is 4.41. The monoisotopic (exact) mass is 241 g/mol. The third-order valence-corrected chi connectivity index (χ3v) is 3.18. The number of hydrogen-bond donors (Lipinski definition) is 2. The Morgan fingerprint density at radius 2 is 2.29 bits per heavy atom. The van der Waals surface area contributed by atoms with Gasteiger partial charge in [0.25, 0.3) is 0 Å². The van der Waals surface area contributed by atoms with Gasteiger partial charge in [-0.2, -0.15) is 0 Å². The lowest BCUT2D eigenvalue weighted by atomic mass is 9.90. The maximum Gasteiger partial charge on any atom is 0.0844 e. The van der Waals surface area contributed by atoms with Gasteiger partial charge in [-0.1, -0.05) is 12.1 Å². The molecule has 17 heavy (non-hydrogen) atoms. The van der Waals surface area contributed by atoms with Gasteiger partial charge in [-0.15, -0.1) is 5.10 Å². The van der Waals surface area contributed by atoms with Crippen LogP contribution in [0.25, 0.3) is 0 Å². The molecule has 0 aliphatic rings. The molecule has 3 N–H and O–H groups in total. The minimum atomic E-state index is -0.291. The molecule has 6 heteroatoms. The largest absolute Gasteiger partial charge is 0.374 e. The highest BCUT2D eigenvalue weighted by Gasteiger charge is 2.33. The Bertz CT molecular complexity index is 340. The van der Waals surface area contributed by atoms with Gasteiger partial charge in [0.1, 0.15) is 0 Å². The Hall–Kier alpha value is -0.980. The van der Waals surface area contributed by atoms with Crippen LogP contribution < -0.4 is 11.3 Å². The Balaban J connectivity index is 2.75. The van der Waals surface area contributed by atoms with Crippen molar-refractivity contribution in [2.45, 2.75) is 45.3 Å². The summed E-state index contributed by atoms with van der Waals surface area (Å²) < 4.78 is 7.50. The van der Waals surface area contributed by atoms with Crippen molar-refractivity contribution in [3.8, 4) is 0 Å². The molecule has 0 saturated heterocycles. The summed E-state index contributed by atoms with van der Waals surface area (Å²) >= 11 is 0. The maximum absolute atomic E-state index is 5.81. The number of nitrogens with zero attached hydrogens (tertiary/aromatic N) is 3. The molecule has 6 nitrogen and oxygen atoms in total. The van der Waals surface area contributed by atoms with Crippen molar-refractivity contribution in [2.75, 3.05) is 6.61 Å². The van der Waals surface area contributed by atoms with E-state index in [0.717, 1.165) is 12.1 Å². The molecule has 0 bridgehead atoms. The average molecular weight is 241 g/mol. The van der Waals surface area contributed by atoms with E-state index in [1.54, 1.807) is 4.68 Å². The van der Waals surface area contributed by atoms with E-state index in [4.69, 9.17) is 10.6 Å². The molecule has 0 aliphatic heterocycles. The van der Waals surface area contributed by atoms with Crippen LogP contribution in [0.3, 0.4) is 0 Å². The second-order valence-corrected chi connectivity index (χ2v) is 4.41. The van der Waals surface area contributed by atoms with Gasteiger partial charge in [0.15, 0.2) is 0 Å². The predicted molar refractivity (Wildman–Crippen MR) is 66.1 cm³/mol. The number of rotatable bonds is 7. The molecule has 0 aromatic carbocycles. The van der Waals surface area contributed by atoms with Crippen molar-refractivity contribution in [1.82, 2.24) is 20.4 Å².